The van der Waals surface area contributed by atoms with E-state index in [1.165, 1.54) is 11.1 Å². The summed E-state index contributed by atoms with van der Waals surface area (Å²) >= 11 is 0. The first-order chi connectivity index (χ1) is 14.6. The summed E-state index contributed by atoms with van der Waals surface area (Å²) in [5, 5.41) is 4.21. The predicted octanol–water partition coefficient (Wildman–Crippen LogP) is 7.26. The fourth-order valence-electron chi connectivity index (χ4n) is 4.42. The number of para-hydroxylation sites is 1. The molecule has 3 nitrogen and oxygen atoms in total. The highest BCUT2D eigenvalue weighted by molar-refractivity contribution is 6.09. The molecule has 1 aromatic heterocycles. The molecular formula is C27H23NO2. The molecule has 0 saturated carbocycles. The number of carbonyl (C=O) groups excluding carboxylic acids is 1. The lowest BCUT2D eigenvalue weighted by atomic mass is 9.87. The van der Waals surface area contributed by atoms with Gasteiger partial charge in [-0.2, -0.15) is 0 Å². The van der Waals surface area contributed by atoms with E-state index in [1.807, 2.05) is 60.7 Å². The van der Waals surface area contributed by atoms with Crippen LogP contribution in [0.5, 0.6) is 0 Å². The van der Waals surface area contributed by atoms with Crippen molar-refractivity contribution in [2.24, 2.45) is 0 Å². The molecule has 0 fully saturated rings. The van der Waals surface area contributed by atoms with Crippen molar-refractivity contribution in [3.63, 3.8) is 0 Å². The van der Waals surface area contributed by atoms with Gasteiger partial charge < -0.3 is 9.73 Å². The Balaban J connectivity index is 1.65. The molecule has 0 saturated heterocycles. The standard InChI is InChI=1S/C27H23NO2/c1-17-15-18(2)26-22(16-17)25-21(12-8-14-24(25)30-26)20-11-6-7-13-23(20)28-27(29)19-9-4-3-5-10-19/h3-14,16,18H,15H2,1-2H3,(H,28,29). The highest BCUT2D eigenvalue weighted by atomic mass is 16.3. The Morgan fingerprint density at radius 3 is 2.50 bits per heavy atom. The van der Waals surface area contributed by atoms with Crippen molar-refractivity contribution in [2.45, 2.75) is 26.2 Å². The topological polar surface area (TPSA) is 42.2 Å². The zero-order valence-corrected chi connectivity index (χ0v) is 17.1. The highest BCUT2D eigenvalue weighted by Gasteiger charge is 2.25. The van der Waals surface area contributed by atoms with Gasteiger partial charge in [-0.25, -0.2) is 0 Å². The molecule has 4 aromatic rings. The predicted molar refractivity (Wildman–Crippen MR) is 123 cm³/mol. The molecule has 1 N–H and O–H groups in total. The number of carbonyl (C=O) groups is 1. The zero-order valence-electron chi connectivity index (χ0n) is 17.1. The summed E-state index contributed by atoms with van der Waals surface area (Å²) in [6.45, 7) is 4.39. The summed E-state index contributed by atoms with van der Waals surface area (Å²) in [5.41, 5.74) is 6.90. The van der Waals surface area contributed by atoms with Gasteiger partial charge >= 0.3 is 0 Å². The van der Waals surface area contributed by atoms with Crippen LogP contribution in [0, 0.1) is 0 Å². The Kier molecular flexibility index (Phi) is 4.51. The third-order valence-corrected chi connectivity index (χ3v) is 5.75. The van der Waals surface area contributed by atoms with Gasteiger partial charge in [0, 0.05) is 33.7 Å². The fraction of sp³-hybridized carbons (Fsp3) is 0.148. The maximum atomic E-state index is 12.8. The molecule has 0 radical (unpaired) electrons. The van der Waals surface area contributed by atoms with E-state index in [2.05, 4.69) is 37.4 Å². The number of anilines is 1. The van der Waals surface area contributed by atoms with Crippen LogP contribution in [0.15, 0.2) is 82.8 Å². The van der Waals surface area contributed by atoms with Gasteiger partial charge in [0.1, 0.15) is 11.3 Å². The molecule has 3 aromatic carbocycles. The van der Waals surface area contributed by atoms with Crippen LogP contribution >= 0.6 is 0 Å². The second-order valence-corrected chi connectivity index (χ2v) is 8.02. The molecule has 1 unspecified atom stereocenters. The highest BCUT2D eigenvalue weighted by Crippen LogP contribution is 2.44. The van der Waals surface area contributed by atoms with E-state index in [0.29, 0.717) is 11.5 Å². The van der Waals surface area contributed by atoms with Crippen molar-refractivity contribution in [2.75, 3.05) is 5.32 Å². The van der Waals surface area contributed by atoms with Crippen LogP contribution in [0.25, 0.3) is 28.2 Å². The SMILES string of the molecule is CC1=Cc2c(oc3cccc(-c4ccccc4NC(=O)c4ccccc4)c23)C(C)C1. The summed E-state index contributed by atoms with van der Waals surface area (Å²) < 4.78 is 6.27. The molecule has 148 valence electrons. The number of furan rings is 1. The molecular weight excluding hydrogens is 370 g/mol. The average Bonchev–Trinajstić information content (AvgIpc) is 3.14. The summed E-state index contributed by atoms with van der Waals surface area (Å²) in [5.74, 6) is 1.29. The summed E-state index contributed by atoms with van der Waals surface area (Å²) in [4.78, 5) is 12.8. The van der Waals surface area contributed by atoms with Crippen LogP contribution in [0.4, 0.5) is 5.69 Å². The van der Waals surface area contributed by atoms with Gasteiger partial charge in [-0.05, 0) is 43.2 Å². The minimum Gasteiger partial charge on any atom is -0.460 e. The minimum absolute atomic E-state index is 0.117. The number of rotatable bonds is 3. The monoisotopic (exact) mass is 393 g/mol. The third-order valence-electron chi connectivity index (χ3n) is 5.75. The first-order valence-electron chi connectivity index (χ1n) is 10.3. The Bertz CT molecular complexity index is 1280. The van der Waals surface area contributed by atoms with Gasteiger partial charge in [-0.3, -0.25) is 4.79 Å². The number of hydrogen-bond donors (Lipinski definition) is 1. The lowest BCUT2D eigenvalue weighted by Crippen LogP contribution is -2.12. The van der Waals surface area contributed by atoms with Crippen LogP contribution < -0.4 is 5.32 Å². The van der Waals surface area contributed by atoms with Crippen LogP contribution in [-0.2, 0) is 0 Å². The smallest absolute Gasteiger partial charge is 0.255 e. The number of amides is 1. The molecule has 30 heavy (non-hydrogen) atoms. The first-order valence-corrected chi connectivity index (χ1v) is 10.3. The lowest BCUT2D eigenvalue weighted by Gasteiger charge is -2.16. The van der Waals surface area contributed by atoms with Crippen molar-refractivity contribution in [1.82, 2.24) is 0 Å². The van der Waals surface area contributed by atoms with Crippen LogP contribution in [-0.4, -0.2) is 5.91 Å². The molecule has 0 bridgehead atoms. The number of fused-ring (bicyclic) bond motifs is 3. The van der Waals surface area contributed by atoms with E-state index >= 15 is 0 Å². The summed E-state index contributed by atoms with van der Waals surface area (Å²) in [6.07, 6.45) is 3.27. The molecule has 0 aliphatic heterocycles. The molecule has 0 spiro atoms. The van der Waals surface area contributed by atoms with Crippen LogP contribution in [0.3, 0.4) is 0 Å². The largest absolute Gasteiger partial charge is 0.460 e. The third kappa shape index (κ3) is 3.13. The maximum Gasteiger partial charge on any atom is 0.255 e. The Morgan fingerprint density at radius 1 is 0.933 bits per heavy atom. The van der Waals surface area contributed by atoms with Gasteiger partial charge in [0.15, 0.2) is 0 Å². The van der Waals surface area contributed by atoms with Gasteiger partial charge in [0.2, 0.25) is 0 Å². The Labute approximate surface area is 176 Å². The number of benzene rings is 3. The van der Waals surface area contributed by atoms with E-state index < -0.39 is 0 Å². The summed E-state index contributed by atoms with van der Waals surface area (Å²) in [6, 6.07) is 23.4. The first kappa shape index (κ1) is 18.4. The maximum absolute atomic E-state index is 12.8. The van der Waals surface area contributed by atoms with Crippen LogP contribution in [0.1, 0.15) is 47.9 Å². The van der Waals surface area contributed by atoms with Crippen molar-refractivity contribution in [1.29, 1.82) is 0 Å². The number of hydrogen-bond acceptors (Lipinski definition) is 2. The molecule has 1 amide bonds. The van der Waals surface area contributed by atoms with E-state index in [1.54, 1.807) is 0 Å². The van der Waals surface area contributed by atoms with Crippen molar-refractivity contribution < 1.29 is 9.21 Å². The molecule has 1 aliphatic carbocycles. The molecule has 1 heterocycles. The lowest BCUT2D eigenvalue weighted by molar-refractivity contribution is 0.102. The summed E-state index contributed by atoms with van der Waals surface area (Å²) in [7, 11) is 0. The van der Waals surface area contributed by atoms with Crippen molar-refractivity contribution in [3.05, 3.63) is 95.3 Å². The van der Waals surface area contributed by atoms with E-state index in [0.717, 1.165) is 40.0 Å². The number of nitrogens with one attached hydrogen (secondary N) is 1. The molecule has 5 rings (SSSR count). The molecule has 1 atom stereocenters. The van der Waals surface area contributed by atoms with Gasteiger partial charge in [-0.15, -0.1) is 0 Å². The minimum atomic E-state index is -0.117. The second-order valence-electron chi connectivity index (χ2n) is 8.02. The van der Waals surface area contributed by atoms with Gasteiger partial charge in [0.25, 0.3) is 5.91 Å². The fourth-order valence-corrected chi connectivity index (χ4v) is 4.42. The quantitative estimate of drug-likeness (QED) is 0.398. The van der Waals surface area contributed by atoms with Crippen LogP contribution in [0.2, 0.25) is 0 Å². The van der Waals surface area contributed by atoms with E-state index in [4.69, 9.17) is 4.42 Å². The van der Waals surface area contributed by atoms with E-state index in [9.17, 15) is 4.79 Å². The molecule has 1 aliphatic rings. The Hall–Kier alpha value is -3.59. The normalized spacial score (nSPS) is 15.5. The van der Waals surface area contributed by atoms with Crippen molar-refractivity contribution in [3.8, 4) is 11.1 Å². The van der Waals surface area contributed by atoms with Gasteiger partial charge in [-0.1, -0.05) is 67.1 Å². The zero-order chi connectivity index (χ0) is 20.7. The average molecular weight is 393 g/mol. The molecule has 3 heteroatoms. The van der Waals surface area contributed by atoms with Gasteiger partial charge in [0.05, 0.1) is 0 Å². The van der Waals surface area contributed by atoms with Crippen molar-refractivity contribution >= 4 is 28.6 Å². The van der Waals surface area contributed by atoms with E-state index in [-0.39, 0.29) is 5.91 Å². The Morgan fingerprint density at radius 2 is 1.67 bits per heavy atom. The number of allylic oxidation sites excluding steroid dienone is 1. The second kappa shape index (κ2) is 7.34.